The zero-order chi connectivity index (χ0) is 16.7. The highest BCUT2D eigenvalue weighted by molar-refractivity contribution is 7.12. The standard InChI is InChI=1S/C17H22N4O2S/c1-11-6-8-24-16(11)17(22)20-7-5-13-15(14(20)10-23-2)18-19-21(13)9-12-3-4-12/h6,8,12,14H,3-5,7,9-10H2,1-2H3/t14-/m1/s1. The second-order valence-corrected chi connectivity index (χ2v) is 7.62. The summed E-state index contributed by atoms with van der Waals surface area (Å²) in [5.74, 6) is 0.831. The first-order valence-electron chi connectivity index (χ1n) is 8.45. The molecule has 1 aliphatic carbocycles. The Morgan fingerprint density at radius 2 is 2.29 bits per heavy atom. The van der Waals surface area contributed by atoms with E-state index in [1.807, 2.05) is 28.0 Å². The molecule has 0 unspecified atom stereocenters. The Bertz CT molecular complexity index is 750. The van der Waals surface area contributed by atoms with Gasteiger partial charge in [-0.3, -0.25) is 4.79 Å². The van der Waals surface area contributed by atoms with Gasteiger partial charge >= 0.3 is 0 Å². The van der Waals surface area contributed by atoms with Gasteiger partial charge < -0.3 is 9.64 Å². The maximum absolute atomic E-state index is 13.0. The summed E-state index contributed by atoms with van der Waals surface area (Å²) < 4.78 is 7.45. The van der Waals surface area contributed by atoms with Crippen molar-refractivity contribution in [1.82, 2.24) is 19.9 Å². The van der Waals surface area contributed by atoms with Crippen molar-refractivity contribution < 1.29 is 9.53 Å². The number of ether oxygens (including phenoxy) is 1. The monoisotopic (exact) mass is 346 g/mol. The summed E-state index contributed by atoms with van der Waals surface area (Å²) in [6, 6.07) is 1.84. The van der Waals surface area contributed by atoms with Crippen LogP contribution in [0.2, 0.25) is 0 Å². The fraction of sp³-hybridized carbons (Fsp3) is 0.588. The lowest BCUT2D eigenvalue weighted by molar-refractivity contribution is 0.0494. The van der Waals surface area contributed by atoms with Gasteiger partial charge in [0.25, 0.3) is 5.91 Å². The number of aryl methyl sites for hydroxylation is 1. The van der Waals surface area contributed by atoms with Crippen molar-refractivity contribution in [3.8, 4) is 0 Å². The highest BCUT2D eigenvalue weighted by Crippen LogP contribution is 2.34. The van der Waals surface area contributed by atoms with Gasteiger partial charge in [-0.15, -0.1) is 16.4 Å². The average molecular weight is 346 g/mol. The van der Waals surface area contributed by atoms with Gasteiger partial charge in [-0.25, -0.2) is 4.68 Å². The lowest BCUT2D eigenvalue weighted by atomic mass is 10.0. The van der Waals surface area contributed by atoms with Crippen molar-refractivity contribution >= 4 is 17.2 Å². The largest absolute Gasteiger partial charge is 0.382 e. The SMILES string of the molecule is COC[C@@H]1c2nnn(CC3CC3)c2CCN1C(=O)c1sccc1C. The minimum Gasteiger partial charge on any atom is -0.382 e. The zero-order valence-electron chi connectivity index (χ0n) is 14.1. The van der Waals surface area contributed by atoms with Crippen LogP contribution in [0.1, 0.15) is 45.5 Å². The van der Waals surface area contributed by atoms with E-state index in [1.165, 1.54) is 29.9 Å². The lowest BCUT2D eigenvalue weighted by Crippen LogP contribution is -2.42. The first kappa shape index (κ1) is 15.8. The van der Waals surface area contributed by atoms with Crippen molar-refractivity contribution in [3.05, 3.63) is 33.3 Å². The van der Waals surface area contributed by atoms with Crippen LogP contribution in [0.4, 0.5) is 0 Å². The Hall–Kier alpha value is -1.73. The molecule has 128 valence electrons. The summed E-state index contributed by atoms with van der Waals surface area (Å²) in [4.78, 5) is 15.7. The number of hydrogen-bond donors (Lipinski definition) is 0. The normalized spacial score (nSPS) is 20.2. The molecule has 4 rings (SSSR count). The van der Waals surface area contributed by atoms with E-state index in [4.69, 9.17) is 4.74 Å². The van der Waals surface area contributed by atoms with Gasteiger partial charge in [0.05, 0.1) is 17.2 Å². The fourth-order valence-electron chi connectivity index (χ4n) is 3.38. The van der Waals surface area contributed by atoms with E-state index < -0.39 is 0 Å². The Morgan fingerprint density at radius 1 is 1.46 bits per heavy atom. The number of rotatable bonds is 5. The number of aromatic nitrogens is 3. The molecule has 1 aliphatic heterocycles. The molecule has 0 N–H and O–H groups in total. The van der Waals surface area contributed by atoms with Gasteiger partial charge in [-0.1, -0.05) is 5.21 Å². The maximum Gasteiger partial charge on any atom is 0.264 e. The minimum atomic E-state index is -0.152. The number of amides is 1. The molecule has 1 atom stereocenters. The van der Waals surface area contributed by atoms with Crippen molar-refractivity contribution in [2.45, 2.75) is 38.8 Å². The van der Waals surface area contributed by atoms with Crippen LogP contribution < -0.4 is 0 Å². The maximum atomic E-state index is 13.0. The molecule has 0 aromatic carbocycles. The van der Waals surface area contributed by atoms with Crippen LogP contribution in [0.5, 0.6) is 0 Å². The van der Waals surface area contributed by atoms with Crippen LogP contribution in [0.3, 0.4) is 0 Å². The van der Waals surface area contributed by atoms with E-state index in [1.54, 1.807) is 7.11 Å². The molecular formula is C17H22N4O2S. The molecule has 7 heteroatoms. The minimum absolute atomic E-state index is 0.0759. The van der Waals surface area contributed by atoms with Crippen LogP contribution in [0, 0.1) is 12.8 Å². The van der Waals surface area contributed by atoms with E-state index in [9.17, 15) is 4.79 Å². The third-order valence-corrected chi connectivity index (χ3v) is 5.92. The van der Waals surface area contributed by atoms with Gasteiger partial charge in [-0.05, 0) is 42.7 Å². The molecule has 0 saturated heterocycles. The number of nitrogens with zero attached hydrogens (tertiary/aromatic N) is 4. The summed E-state index contributed by atoms with van der Waals surface area (Å²) in [6.07, 6.45) is 3.39. The Balaban J connectivity index is 1.63. The molecule has 2 aromatic heterocycles. The van der Waals surface area contributed by atoms with Crippen molar-refractivity contribution in [1.29, 1.82) is 0 Å². The van der Waals surface area contributed by atoms with E-state index in [0.717, 1.165) is 35.0 Å². The molecule has 3 heterocycles. The molecule has 6 nitrogen and oxygen atoms in total. The van der Waals surface area contributed by atoms with E-state index in [0.29, 0.717) is 13.2 Å². The predicted molar refractivity (Wildman–Crippen MR) is 91.2 cm³/mol. The Kier molecular flexibility index (Phi) is 4.14. The van der Waals surface area contributed by atoms with E-state index in [2.05, 4.69) is 10.3 Å². The van der Waals surface area contributed by atoms with Gasteiger partial charge in [0.15, 0.2) is 0 Å². The molecule has 0 bridgehead atoms. The number of carbonyl (C=O) groups excluding carboxylic acids is 1. The van der Waals surface area contributed by atoms with E-state index >= 15 is 0 Å². The molecule has 2 aromatic rings. The van der Waals surface area contributed by atoms with Crippen LogP contribution >= 0.6 is 11.3 Å². The number of carbonyl (C=O) groups is 1. The van der Waals surface area contributed by atoms with Crippen molar-refractivity contribution in [2.75, 3.05) is 20.3 Å². The second kappa shape index (κ2) is 6.29. The Labute approximate surface area is 145 Å². The molecule has 24 heavy (non-hydrogen) atoms. The molecular weight excluding hydrogens is 324 g/mol. The lowest BCUT2D eigenvalue weighted by Gasteiger charge is -2.34. The average Bonchev–Trinajstić information content (AvgIpc) is 3.14. The summed E-state index contributed by atoms with van der Waals surface area (Å²) in [7, 11) is 1.67. The quantitative estimate of drug-likeness (QED) is 0.834. The topological polar surface area (TPSA) is 60.3 Å². The predicted octanol–water partition coefficient (Wildman–Crippen LogP) is 2.44. The van der Waals surface area contributed by atoms with Crippen LogP contribution in [0.25, 0.3) is 0 Å². The fourth-order valence-corrected chi connectivity index (χ4v) is 4.26. The van der Waals surface area contributed by atoms with Gasteiger partial charge in [0.1, 0.15) is 11.7 Å². The summed E-state index contributed by atoms with van der Waals surface area (Å²) in [5, 5.41) is 10.7. The van der Waals surface area contributed by atoms with Gasteiger partial charge in [0, 0.05) is 26.6 Å². The van der Waals surface area contributed by atoms with Crippen molar-refractivity contribution in [3.63, 3.8) is 0 Å². The molecule has 0 spiro atoms. The molecule has 0 radical (unpaired) electrons. The number of fused-ring (bicyclic) bond motifs is 1. The molecule has 1 saturated carbocycles. The van der Waals surface area contributed by atoms with Gasteiger partial charge in [-0.2, -0.15) is 0 Å². The van der Waals surface area contributed by atoms with E-state index in [-0.39, 0.29) is 11.9 Å². The first-order valence-corrected chi connectivity index (χ1v) is 9.33. The van der Waals surface area contributed by atoms with Gasteiger partial charge in [0.2, 0.25) is 0 Å². The zero-order valence-corrected chi connectivity index (χ0v) is 14.9. The van der Waals surface area contributed by atoms with Crippen LogP contribution in [-0.4, -0.2) is 46.1 Å². The first-order chi connectivity index (χ1) is 11.7. The number of thiophene rings is 1. The smallest absolute Gasteiger partial charge is 0.264 e. The molecule has 2 aliphatic rings. The van der Waals surface area contributed by atoms with Crippen molar-refractivity contribution in [2.24, 2.45) is 5.92 Å². The summed E-state index contributed by atoms with van der Waals surface area (Å²) in [5.41, 5.74) is 3.12. The number of hydrogen-bond acceptors (Lipinski definition) is 5. The summed E-state index contributed by atoms with van der Waals surface area (Å²) >= 11 is 1.50. The molecule has 1 fully saturated rings. The molecule has 1 amide bonds. The Morgan fingerprint density at radius 3 is 2.96 bits per heavy atom. The third-order valence-electron chi connectivity index (χ3n) is 4.92. The second-order valence-electron chi connectivity index (χ2n) is 6.70. The highest BCUT2D eigenvalue weighted by atomic mass is 32.1. The highest BCUT2D eigenvalue weighted by Gasteiger charge is 2.36. The van der Waals surface area contributed by atoms with Crippen LogP contribution in [0.15, 0.2) is 11.4 Å². The summed E-state index contributed by atoms with van der Waals surface area (Å²) in [6.45, 7) is 4.08. The van der Waals surface area contributed by atoms with Crippen LogP contribution in [-0.2, 0) is 17.7 Å². The third kappa shape index (κ3) is 2.75. The number of methoxy groups -OCH3 is 1.